The summed E-state index contributed by atoms with van der Waals surface area (Å²) in [5.41, 5.74) is 4.75. The van der Waals surface area contributed by atoms with Crippen LogP contribution in [0.1, 0.15) is 114 Å². The second-order valence-electron chi connectivity index (χ2n) is 25.3. The second kappa shape index (κ2) is 37.3. The third-order valence-electron chi connectivity index (χ3n) is 14.2. The number of alkyl carbamates (subject to hydrolysis) is 1. The summed E-state index contributed by atoms with van der Waals surface area (Å²) in [6, 6.07) is 4.58. The molecule has 13 amide bonds. The molecule has 0 fully saturated rings. The van der Waals surface area contributed by atoms with E-state index in [2.05, 4.69) is 47.9 Å². The molecule has 0 saturated heterocycles. The van der Waals surface area contributed by atoms with E-state index < -0.39 is 181 Å². The number of hydrogen-bond donors (Lipinski definition) is 11. The topological polar surface area (TPSA) is 422 Å². The highest BCUT2D eigenvalue weighted by Crippen LogP contribution is 2.16. The molecule has 0 aliphatic rings. The van der Waals surface area contributed by atoms with Gasteiger partial charge in [-0.2, -0.15) is 0 Å². The lowest BCUT2D eigenvalue weighted by atomic mass is 10.00. The number of likely N-dealkylation sites (N-methyl/N-ethyl adjacent to an activating group) is 3. The van der Waals surface area contributed by atoms with E-state index in [0.29, 0.717) is 11.1 Å². The average Bonchev–Trinajstić information content (AvgIpc) is 1.17. The normalized spacial score (nSPS) is 14.3. The molecule has 0 unspecified atom stereocenters. The summed E-state index contributed by atoms with van der Waals surface area (Å²) in [5.74, 6) is -12.4. The first-order chi connectivity index (χ1) is 43.1. The molecule has 12 N–H and O–H groups in total. The standard InChI is InChI=1S/C63H97N13O17/c1-35(2)27-45(75(15)49(79)33-66-56(86)46(29-41-25-21-18-22-26-41)76(16)59(89)38(6)68-48(78)32-67-61(91)93-63(11,12)13)57(87)69-37(5)52(82)73-51(36(3)4)58(88)70-42(28-40-23-19-17-20-24-40)55(85)71-43(30-50(80)81)60(90)74(14)39(7)53(83)72-44(34-92-62(8,9)10)54(84)65-31-47(64)77/h17-26,35-39,42-46,51H,27-34H2,1-16H3,(H2,64,77)(H,65,84)(H,66,86)(H,67,91)(H,68,78)(H,69,87)(H,70,88)(H,71,85)(H,72,83)(H,73,82)(H,80,81)/t37-,38-,39-,42-,43-,44-,45-,46-,51-/m0/s1. The number of primary amides is 1. The van der Waals surface area contributed by atoms with Crippen molar-refractivity contribution in [2.45, 2.75) is 181 Å². The number of benzene rings is 2. The maximum atomic E-state index is 14.3. The number of nitrogens with zero attached hydrogens (tertiary/aromatic N) is 3. The molecule has 0 saturated carbocycles. The largest absolute Gasteiger partial charge is 0.481 e. The van der Waals surface area contributed by atoms with Gasteiger partial charge >= 0.3 is 12.1 Å². The molecule has 0 aromatic heterocycles. The molecule has 2 aromatic carbocycles. The molecule has 0 spiro atoms. The van der Waals surface area contributed by atoms with Gasteiger partial charge in [0.2, 0.25) is 70.9 Å². The van der Waals surface area contributed by atoms with E-state index in [1.54, 1.807) is 130 Å². The van der Waals surface area contributed by atoms with Gasteiger partial charge in [0.1, 0.15) is 66.5 Å². The first kappa shape index (κ1) is 79.9. The van der Waals surface area contributed by atoms with Crippen molar-refractivity contribution in [2.24, 2.45) is 17.6 Å². The van der Waals surface area contributed by atoms with Crippen LogP contribution in [-0.2, 0) is 84.6 Å². The molecular formula is C63H97N13O17. The van der Waals surface area contributed by atoms with E-state index >= 15 is 0 Å². The van der Waals surface area contributed by atoms with E-state index in [4.69, 9.17) is 15.2 Å². The van der Waals surface area contributed by atoms with Crippen molar-refractivity contribution in [1.29, 1.82) is 0 Å². The van der Waals surface area contributed by atoms with Crippen LogP contribution in [0.3, 0.4) is 0 Å². The lowest BCUT2D eigenvalue weighted by Crippen LogP contribution is -2.61. The molecule has 30 heteroatoms. The number of carboxylic acid groups (broad SMARTS) is 1. The van der Waals surface area contributed by atoms with Crippen LogP contribution in [0.25, 0.3) is 0 Å². The van der Waals surface area contributed by atoms with Gasteiger partial charge in [0.15, 0.2) is 0 Å². The number of carbonyl (C=O) groups excluding carboxylic acids is 13. The van der Waals surface area contributed by atoms with Crippen molar-refractivity contribution in [3.05, 3.63) is 71.8 Å². The molecule has 2 aromatic rings. The summed E-state index contributed by atoms with van der Waals surface area (Å²) >= 11 is 0. The molecule has 93 heavy (non-hydrogen) atoms. The minimum Gasteiger partial charge on any atom is -0.481 e. The molecular weight excluding hydrogens is 1210 g/mol. The van der Waals surface area contributed by atoms with Crippen molar-refractivity contribution in [2.75, 3.05) is 47.4 Å². The van der Waals surface area contributed by atoms with Gasteiger partial charge in [-0.1, -0.05) is 88.4 Å². The highest BCUT2D eigenvalue weighted by molar-refractivity contribution is 5.99. The van der Waals surface area contributed by atoms with E-state index in [-0.39, 0.29) is 31.8 Å². The zero-order chi connectivity index (χ0) is 70.8. The summed E-state index contributed by atoms with van der Waals surface area (Å²) in [4.78, 5) is 191. The molecule has 0 aliphatic heterocycles. The number of rotatable bonds is 35. The SMILES string of the molecule is CC(C)C[C@@H](C(=O)N[C@@H](C)C(=O)N[C@H](C(=O)N[C@@H](Cc1ccccc1)C(=O)N[C@@H](CC(=O)O)C(=O)N(C)[C@@H](C)C(=O)N[C@@H](COC(C)(C)C)C(=O)NCC(N)=O)C(C)C)N(C)C(=O)CNC(=O)[C@H](Cc1ccccc1)N(C)C(=O)[C@H](C)NC(=O)CNC(=O)OC(C)(C)C. The maximum absolute atomic E-state index is 14.3. The Morgan fingerprint density at radius 3 is 1.56 bits per heavy atom. The van der Waals surface area contributed by atoms with Crippen LogP contribution in [0.15, 0.2) is 60.7 Å². The number of aliphatic carboxylic acids is 1. The molecule has 9 atom stereocenters. The summed E-state index contributed by atoms with van der Waals surface area (Å²) in [7, 11) is 3.86. The average molecular weight is 1310 g/mol. The van der Waals surface area contributed by atoms with Crippen LogP contribution >= 0.6 is 0 Å². The van der Waals surface area contributed by atoms with Gasteiger partial charge in [-0.05, 0) is 91.7 Å². The summed E-state index contributed by atoms with van der Waals surface area (Å²) in [6.07, 6.45) is -1.96. The van der Waals surface area contributed by atoms with Gasteiger partial charge in [-0.3, -0.25) is 62.3 Å². The predicted octanol–water partition coefficient (Wildman–Crippen LogP) is -0.844. The molecule has 0 radical (unpaired) electrons. The molecule has 0 bridgehead atoms. The molecule has 0 aliphatic carbocycles. The van der Waals surface area contributed by atoms with Crippen LogP contribution in [0.2, 0.25) is 0 Å². The number of carbonyl (C=O) groups is 14. The Bertz CT molecular complexity index is 2940. The van der Waals surface area contributed by atoms with Crippen LogP contribution < -0.4 is 53.6 Å². The predicted molar refractivity (Wildman–Crippen MR) is 340 cm³/mol. The Balaban J connectivity index is 2.31. The molecule has 0 heterocycles. The van der Waals surface area contributed by atoms with Gasteiger partial charge in [-0.25, -0.2) is 4.79 Å². The van der Waals surface area contributed by atoms with Gasteiger partial charge in [-0.15, -0.1) is 0 Å². The highest BCUT2D eigenvalue weighted by atomic mass is 16.6. The number of carboxylic acids is 1. The smallest absolute Gasteiger partial charge is 0.408 e. The first-order valence-electron chi connectivity index (χ1n) is 30.5. The van der Waals surface area contributed by atoms with Crippen LogP contribution in [0.5, 0.6) is 0 Å². The lowest BCUT2D eigenvalue weighted by molar-refractivity contribution is -0.146. The van der Waals surface area contributed by atoms with Crippen molar-refractivity contribution in [3.63, 3.8) is 0 Å². The quantitative estimate of drug-likeness (QED) is 0.0401. The number of amides is 13. The maximum Gasteiger partial charge on any atom is 0.408 e. The Morgan fingerprint density at radius 1 is 0.505 bits per heavy atom. The first-order valence-corrected chi connectivity index (χ1v) is 30.5. The summed E-state index contributed by atoms with van der Waals surface area (Å²) < 4.78 is 10.8. The zero-order valence-electron chi connectivity index (χ0n) is 56.2. The Labute approximate surface area is 543 Å². The zero-order valence-corrected chi connectivity index (χ0v) is 56.2. The van der Waals surface area contributed by atoms with E-state index in [0.717, 1.165) is 14.7 Å². The fourth-order valence-electron chi connectivity index (χ4n) is 8.86. The van der Waals surface area contributed by atoms with Crippen molar-refractivity contribution in [3.8, 4) is 0 Å². The second-order valence-corrected chi connectivity index (χ2v) is 25.3. The fourth-order valence-corrected chi connectivity index (χ4v) is 8.86. The number of ether oxygens (including phenoxy) is 2. The Morgan fingerprint density at radius 2 is 1.04 bits per heavy atom. The van der Waals surface area contributed by atoms with E-state index in [9.17, 15) is 72.2 Å². The minimum absolute atomic E-state index is 0.00788. The van der Waals surface area contributed by atoms with Gasteiger partial charge in [0.25, 0.3) is 0 Å². The van der Waals surface area contributed by atoms with Crippen LogP contribution in [-0.4, -0.2) is 216 Å². The number of hydrogen-bond acceptors (Lipinski definition) is 16. The Kier molecular flexibility index (Phi) is 32.1. The third kappa shape index (κ3) is 28.9. The summed E-state index contributed by atoms with van der Waals surface area (Å²) in [5, 5.41) is 32.3. The molecule has 2 rings (SSSR count). The third-order valence-corrected chi connectivity index (χ3v) is 14.2. The minimum atomic E-state index is -1.83. The van der Waals surface area contributed by atoms with Crippen molar-refractivity contribution < 1.29 is 81.7 Å². The van der Waals surface area contributed by atoms with Gasteiger partial charge in [0, 0.05) is 34.0 Å². The number of nitrogens with one attached hydrogen (secondary N) is 9. The molecule has 30 nitrogen and oxygen atoms in total. The van der Waals surface area contributed by atoms with Crippen molar-refractivity contribution >= 4 is 82.9 Å². The Hall–Kier alpha value is -9.22. The van der Waals surface area contributed by atoms with E-state index in [1.807, 2.05) is 0 Å². The van der Waals surface area contributed by atoms with Gasteiger partial charge in [0.05, 0.1) is 31.7 Å². The molecule has 516 valence electrons. The summed E-state index contributed by atoms with van der Waals surface area (Å²) in [6.45, 7) is 18.8. The highest BCUT2D eigenvalue weighted by Gasteiger charge is 2.38. The fraction of sp³-hybridized carbons (Fsp3) is 0.587. The van der Waals surface area contributed by atoms with Gasteiger partial charge < -0.3 is 82.9 Å². The monoisotopic (exact) mass is 1310 g/mol. The van der Waals surface area contributed by atoms with Crippen LogP contribution in [0.4, 0.5) is 4.79 Å². The van der Waals surface area contributed by atoms with Crippen LogP contribution in [0, 0.1) is 11.8 Å². The lowest BCUT2D eigenvalue weighted by Gasteiger charge is -2.32. The van der Waals surface area contributed by atoms with E-state index in [1.165, 1.54) is 41.9 Å². The van der Waals surface area contributed by atoms with Crippen molar-refractivity contribution in [1.82, 2.24) is 62.6 Å². The number of nitrogens with two attached hydrogens (primary N) is 1.